The van der Waals surface area contributed by atoms with Gasteiger partial charge in [0.05, 0.1) is 0 Å². The van der Waals surface area contributed by atoms with E-state index in [1.807, 2.05) is 0 Å². The number of benzene rings is 4. The average molecular weight is 347 g/mol. The summed E-state index contributed by atoms with van der Waals surface area (Å²) in [4.78, 5) is 3.61. The Balaban J connectivity index is 1.65. The van der Waals surface area contributed by atoms with E-state index in [1.54, 1.807) is 0 Å². The van der Waals surface area contributed by atoms with Gasteiger partial charge in [-0.3, -0.25) is 0 Å². The fraction of sp³-hybridized carbons (Fsp3) is 0.0417. The lowest BCUT2D eigenvalue weighted by Crippen LogP contribution is -2.30. The highest BCUT2D eigenvalue weighted by atomic mass is 16.3. The molecule has 4 aromatic carbocycles. The smallest absolute Gasteiger partial charge is 0.292 e. The molecule has 1 N–H and O–H groups in total. The van der Waals surface area contributed by atoms with Crippen molar-refractivity contribution in [2.75, 3.05) is 0 Å². The molecule has 0 fully saturated rings. The second kappa shape index (κ2) is 4.57. The summed E-state index contributed by atoms with van der Waals surface area (Å²) in [5.74, 6) is 1.14. The Hall–Kier alpha value is -3.59. The first-order valence-corrected chi connectivity index (χ1v) is 9.25. The molecule has 0 amide bonds. The molecule has 1 aliphatic heterocycles. The standard InChI is InChI=1S/C24H14N2O/c1-2-6-16-14(5-1)9-11-17-18-12-10-15-13-26-20-8-4-3-7-19(20)25-24(26)21(15)23(18)27-22(16)17/h1-12H,13H2/p+1. The van der Waals surface area contributed by atoms with Crippen molar-refractivity contribution in [1.82, 2.24) is 4.98 Å². The molecule has 0 bridgehead atoms. The number of nitrogens with zero attached hydrogens (tertiary/aromatic N) is 1. The number of aromatic nitrogens is 2. The fourth-order valence-electron chi connectivity index (χ4n) is 4.66. The lowest BCUT2D eigenvalue weighted by atomic mass is 10.0. The van der Waals surface area contributed by atoms with Crippen LogP contribution in [0.2, 0.25) is 0 Å². The van der Waals surface area contributed by atoms with E-state index in [2.05, 4.69) is 82.3 Å². The van der Waals surface area contributed by atoms with Crippen molar-refractivity contribution in [1.29, 1.82) is 0 Å². The van der Waals surface area contributed by atoms with Crippen LogP contribution in [0.4, 0.5) is 0 Å². The largest absolute Gasteiger partial charge is 0.454 e. The number of nitrogens with one attached hydrogen (secondary N) is 1. The van der Waals surface area contributed by atoms with E-state index in [9.17, 15) is 0 Å². The highest BCUT2D eigenvalue weighted by Gasteiger charge is 2.33. The maximum atomic E-state index is 6.53. The molecule has 0 spiro atoms. The van der Waals surface area contributed by atoms with Crippen molar-refractivity contribution in [2.24, 2.45) is 0 Å². The molecule has 27 heavy (non-hydrogen) atoms. The molecular formula is C24H15N2O+. The van der Waals surface area contributed by atoms with Gasteiger partial charge in [-0.1, -0.05) is 54.6 Å². The maximum Gasteiger partial charge on any atom is 0.292 e. The monoisotopic (exact) mass is 347 g/mol. The molecule has 7 rings (SSSR count). The molecule has 3 heterocycles. The van der Waals surface area contributed by atoms with Gasteiger partial charge in [-0.2, -0.15) is 0 Å². The molecule has 0 radical (unpaired) electrons. The fourth-order valence-corrected chi connectivity index (χ4v) is 4.66. The second-order valence-electron chi connectivity index (χ2n) is 7.32. The van der Waals surface area contributed by atoms with Crippen molar-refractivity contribution >= 4 is 43.7 Å². The molecule has 6 aromatic rings. The first-order chi connectivity index (χ1) is 13.4. The Morgan fingerprint density at radius 1 is 0.741 bits per heavy atom. The zero-order valence-corrected chi connectivity index (χ0v) is 14.5. The minimum Gasteiger partial charge on any atom is -0.454 e. The second-order valence-corrected chi connectivity index (χ2v) is 7.32. The van der Waals surface area contributed by atoms with Crippen molar-refractivity contribution in [2.45, 2.75) is 6.54 Å². The van der Waals surface area contributed by atoms with Gasteiger partial charge in [0.2, 0.25) is 0 Å². The third-order valence-corrected chi connectivity index (χ3v) is 5.90. The van der Waals surface area contributed by atoms with Crippen LogP contribution in [0.3, 0.4) is 0 Å². The van der Waals surface area contributed by atoms with Crippen LogP contribution in [0, 0.1) is 0 Å². The summed E-state index contributed by atoms with van der Waals surface area (Å²) in [6, 6.07) is 25.7. The number of imidazole rings is 1. The molecule has 0 atom stereocenters. The van der Waals surface area contributed by atoms with Gasteiger partial charge in [0.25, 0.3) is 5.82 Å². The van der Waals surface area contributed by atoms with Crippen molar-refractivity contribution in [3.05, 3.63) is 78.4 Å². The number of rotatable bonds is 0. The van der Waals surface area contributed by atoms with Gasteiger partial charge in [0.1, 0.15) is 17.7 Å². The normalized spacial score (nSPS) is 13.0. The molecule has 3 heteroatoms. The van der Waals surface area contributed by atoms with Crippen LogP contribution in [0.25, 0.3) is 55.1 Å². The lowest BCUT2D eigenvalue weighted by Gasteiger charge is -1.97. The number of aromatic amines is 1. The Kier molecular flexibility index (Phi) is 2.30. The zero-order valence-electron chi connectivity index (χ0n) is 14.5. The van der Waals surface area contributed by atoms with E-state index in [1.165, 1.54) is 38.2 Å². The molecular weight excluding hydrogens is 332 g/mol. The SMILES string of the molecule is c1ccc2c(c1)ccc1c3ccc4c(c3oc21)-c1[nH]c2ccccc2[n+]1C4. The molecule has 2 aromatic heterocycles. The summed E-state index contributed by atoms with van der Waals surface area (Å²) in [6.45, 7) is 0.877. The van der Waals surface area contributed by atoms with Crippen LogP contribution in [0.15, 0.2) is 77.2 Å². The van der Waals surface area contributed by atoms with Gasteiger partial charge in [-0.25, -0.2) is 9.55 Å². The van der Waals surface area contributed by atoms with Crippen molar-refractivity contribution in [3.8, 4) is 11.4 Å². The van der Waals surface area contributed by atoms with E-state index in [0.717, 1.165) is 29.1 Å². The molecule has 3 nitrogen and oxygen atoms in total. The Morgan fingerprint density at radius 2 is 1.56 bits per heavy atom. The number of hydrogen-bond donors (Lipinski definition) is 1. The van der Waals surface area contributed by atoms with E-state index < -0.39 is 0 Å². The van der Waals surface area contributed by atoms with Crippen LogP contribution in [0.1, 0.15) is 5.56 Å². The molecule has 126 valence electrons. The quantitative estimate of drug-likeness (QED) is 0.359. The van der Waals surface area contributed by atoms with Gasteiger partial charge in [0.15, 0.2) is 16.6 Å². The molecule has 0 aliphatic carbocycles. The van der Waals surface area contributed by atoms with Gasteiger partial charge in [-0.05, 0) is 23.6 Å². The zero-order chi connectivity index (χ0) is 17.5. The number of hydrogen-bond acceptors (Lipinski definition) is 1. The lowest BCUT2D eigenvalue weighted by molar-refractivity contribution is -0.645. The van der Waals surface area contributed by atoms with Crippen LogP contribution in [0.5, 0.6) is 0 Å². The van der Waals surface area contributed by atoms with Crippen LogP contribution in [-0.4, -0.2) is 4.98 Å². The van der Waals surface area contributed by atoms with E-state index >= 15 is 0 Å². The third-order valence-electron chi connectivity index (χ3n) is 5.90. The Labute approximate surface area is 154 Å². The van der Waals surface area contributed by atoms with Gasteiger partial charge >= 0.3 is 0 Å². The summed E-state index contributed by atoms with van der Waals surface area (Å²) >= 11 is 0. The minimum atomic E-state index is 0.877. The number of furan rings is 1. The van der Waals surface area contributed by atoms with Crippen molar-refractivity contribution in [3.63, 3.8) is 0 Å². The minimum absolute atomic E-state index is 0.877. The first-order valence-electron chi connectivity index (χ1n) is 9.25. The summed E-state index contributed by atoms with van der Waals surface area (Å²) < 4.78 is 8.88. The summed E-state index contributed by atoms with van der Waals surface area (Å²) in [7, 11) is 0. The van der Waals surface area contributed by atoms with Crippen LogP contribution < -0.4 is 4.57 Å². The van der Waals surface area contributed by atoms with E-state index in [-0.39, 0.29) is 0 Å². The van der Waals surface area contributed by atoms with Gasteiger partial charge < -0.3 is 4.42 Å². The third kappa shape index (κ3) is 1.60. The first kappa shape index (κ1) is 13.6. The number of H-pyrrole nitrogens is 1. The number of fused-ring (bicyclic) bond motifs is 11. The maximum absolute atomic E-state index is 6.53. The van der Waals surface area contributed by atoms with E-state index in [4.69, 9.17) is 4.42 Å². The topological polar surface area (TPSA) is 32.8 Å². The van der Waals surface area contributed by atoms with Crippen LogP contribution in [-0.2, 0) is 6.54 Å². The van der Waals surface area contributed by atoms with Gasteiger partial charge in [0, 0.05) is 21.7 Å². The predicted molar refractivity (Wildman–Crippen MR) is 108 cm³/mol. The molecule has 1 aliphatic rings. The highest BCUT2D eigenvalue weighted by molar-refractivity contribution is 6.17. The highest BCUT2D eigenvalue weighted by Crippen LogP contribution is 2.41. The van der Waals surface area contributed by atoms with Gasteiger partial charge in [-0.15, -0.1) is 0 Å². The Morgan fingerprint density at radius 3 is 2.56 bits per heavy atom. The summed E-state index contributed by atoms with van der Waals surface area (Å²) in [5.41, 5.74) is 6.87. The van der Waals surface area contributed by atoms with Crippen molar-refractivity contribution < 1.29 is 8.98 Å². The predicted octanol–water partition coefficient (Wildman–Crippen LogP) is 5.54. The number of para-hydroxylation sites is 2. The van der Waals surface area contributed by atoms with E-state index in [0.29, 0.717) is 0 Å². The molecule has 0 unspecified atom stereocenters. The van der Waals surface area contributed by atoms with Crippen LogP contribution >= 0.6 is 0 Å². The average Bonchev–Trinajstić information content (AvgIpc) is 3.36. The summed E-state index contributed by atoms with van der Waals surface area (Å²) in [6.07, 6.45) is 0. The molecule has 0 saturated carbocycles. The Bertz CT molecular complexity index is 1550. The summed E-state index contributed by atoms with van der Waals surface area (Å²) in [5, 5.41) is 4.74. The molecule has 0 saturated heterocycles.